The molecule has 0 aliphatic carbocycles. The molecule has 18 heavy (non-hydrogen) atoms. The molecule has 0 amide bonds. The van der Waals surface area contributed by atoms with Crippen molar-refractivity contribution in [2.45, 2.75) is 26.8 Å². The van der Waals surface area contributed by atoms with Crippen LogP contribution in [0.15, 0.2) is 24.3 Å². The van der Waals surface area contributed by atoms with Crippen LogP contribution in [0.3, 0.4) is 0 Å². The van der Waals surface area contributed by atoms with Gasteiger partial charge in [-0.15, -0.1) is 0 Å². The summed E-state index contributed by atoms with van der Waals surface area (Å²) in [4.78, 5) is 0. The van der Waals surface area contributed by atoms with E-state index in [-0.39, 0.29) is 0 Å². The SMILES string of the molecule is CCO[Si](Cc1ccc(I)cc1)(OCC)OCC. The fourth-order valence-corrected chi connectivity index (χ4v) is 4.76. The fraction of sp³-hybridized carbons (Fsp3) is 0.538. The highest BCUT2D eigenvalue weighted by Crippen LogP contribution is 2.18. The summed E-state index contributed by atoms with van der Waals surface area (Å²) in [6.45, 7) is 7.80. The Morgan fingerprint density at radius 1 is 0.889 bits per heavy atom. The highest BCUT2D eigenvalue weighted by Gasteiger charge is 2.40. The smallest absolute Gasteiger partial charge is 0.374 e. The first kappa shape index (κ1) is 16.1. The second-order valence-electron chi connectivity index (χ2n) is 3.79. The van der Waals surface area contributed by atoms with Crippen LogP contribution in [0.2, 0.25) is 0 Å². The average molecular weight is 380 g/mol. The van der Waals surface area contributed by atoms with E-state index in [0.29, 0.717) is 19.8 Å². The summed E-state index contributed by atoms with van der Waals surface area (Å²) in [6.07, 6.45) is 0. The van der Waals surface area contributed by atoms with Crippen molar-refractivity contribution in [1.82, 2.24) is 0 Å². The third-order valence-corrected chi connectivity index (χ3v) is 6.17. The molecule has 0 bridgehead atoms. The molecule has 0 N–H and O–H groups in total. The first-order chi connectivity index (χ1) is 8.65. The van der Waals surface area contributed by atoms with Crippen molar-refractivity contribution in [3.63, 3.8) is 0 Å². The van der Waals surface area contributed by atoms with Gasteiger partial charge >= 0.3 is 8.80 Å². The molecule has 0 saturated heterocycles. The van der Waals surface area contributed by atoms with Crippen LogP contribution in [0.1, 0.15) is 26.3 Å². The van der Waals surface area contributed by atoms with Crippen LogP contribution in [0, 0.1) is 3.57 Å². The van der Waals surface area contributed by atoms with E-state index >= 15 is 0 Å². The van der Waals surface area contributed by atoms with Crippen LogP contribution >= 0.6 is 22.6 Å². The predicted molar refractivity (Wildman–Crippen MR) is 83.5 cm³/mol. The number of benzene rings is 1. The van der Waals surface area contributed by atoms with Crippen LogP contribution in [0.25, 0.3) is 0 Å². The summed E-state index contributed by atoms with van der Waals surface area (Å²) in [6, 6.07) is 9.15. The van der Waals surface area contributed by atoms with Crippen molar-refractivity contribution in [2.24, 2.45) is 0 Å². The molecule has 0 atom stereocenters. The maximum atomic E-state index is 5.84. The molecule has 0 unspecified atom stereocenters. The van der Waals surface area contributed by atoms with Gasteiger partial charge in [-0.2, -0.15) is 0 Å². The van der Waals surface area contributed by atoms with Gasteiger partial charge in [0.1, 0.15) is 0 Å². The second-order valence-corrected chi connectivity index (χ2v) is 7.62. The molecule has 0 aliphatic heterocycles. The van der Waals surface area contributed by atoms with E-state index in [2.05, 4.69) is 46.9 Å². The number of hydrogen-bond donors (Lipinski definition) is 0. The molecule has 1 aromatic rings. The van der Waals surface area contributed by atoms with Crippen molar-refractivity contribution in [2.75, 3.05) is 19.8 Å². The molecule has 1 rings (SSSR count). The number of rotatable bonds is 8. The molecule has 3 nitrogen and oxygen atoms in total. The Bertz CT molecular complexity index is 326. The van der Waals surface area contributed by atoms with E-state index in [1.54, 1.807) is 0 Å². The Morgan fingerprint density at radius 2 is 1.33 bits per heavy atom. The Hall–Kier alpha value is 0.0469. The predicted octanol–water partition coefficient (Wildman–Crippen LogP) is 3.42. The van der Waals surface area contributed by atoms with E-state index in [1.165, 1.54) is 9.13 Å². The lowest BCUT2D eigenvalue weighted by atomic mass is 10.2. The van der Waals surface area contributed by atoms with Gasteiger partial charge in [-0.05, 0) is 61.1 Å². The zero-order valence-corrected chi connectivity index (χ0v) is 14.4. The van der Waals surface area contributed by atoms with E-state index in [4.69, 9.17) is 13.3 Å². The van der Waals surface area contributed by atoms with Crippen LogP contribution in [-0.2, 0) is 19.3 Å². The van der Waals surface area contributed by atoms with Crippen LogP contribution in [0.4, 0.5) is 0 Å². The van der Waals surface area contributed by atoms with E-state index < -0.39 is 8.80 Å². The standard InChI is InChI=1S/C13H21IO3Si/c1-4-15-18(16-5-2,17-6-3)11-12-7-9-13(14)10-8-12/h7-10H,4-6,11H2,1-3H3. The average Bonchev–Trinajstić information content (AvgIpc) is 2.33. The summed E-state index contributed by atoms with van der Waals surface area (Å²) in [5.41, 5.74) is 1.21. The molecule has 0 spiro atoms. The first-order valence-corrected chi connectivity index (χ1v) is 9.33. The van der Waals surface area contributed by atoms with Gasteiger partial charge in [-0.1, -0.05) is 12.1 Å². The summed E-state index contributed by atoms with van der Waals surface area (Å²) < 4.78 is 18.7. The Kier molecular flexibility index (Phi) is 7.39. The zero-order chi connectivity index (χ0) is 13.4. The Labute approximate surface area is 124 Å². The van der Waals surface area contributed by atoms with Crippen molar-refractivity contribution >= 4 is 31.4 Å². The summed E-state index contributed by atoms with van der Waals surface area (Å²) >= 11 is 2.30. The van der Waals surface area contributed by atoms with Crippen LogP contribution in [0.5, 0.6) is 0 Å². The van der Waals surface area contributed by atoms with Gasteiger partial charge in [-0.25, -0.2) is 0 Å². The molecule has 5 heteroatoms. The van der Waals surface area contributed by atoms with Crippen molar-refractivity contribution in [1.29, 1.82) is 0 Å². The minimum absolute atomic E-state index is 0.622. The second kappa shape index (κ2) is 8.26. The molecule has 0 saturated carbocycles. The maximum absolute atomic E-state index is 5.84. The third kappa shape index (κ3) is 4.97. The Balaban J connectivity index is 2.84. The topological polar surface area (TPSA) is 27.7 Å². The van der Waals surface area contributed by atoms with Crippen LogP contribution < -0.4 is 0 Å². The van der Waals surface area contributed by atoms with Crippen molar-refractivity contribution < 1.29 is 13.3 Å². The summed E-state index contributed by atoms with van der Waals surface area (Å²) in [5, 5.41) is 0. The molecule has 0 aliphatic rings. The lowest BCUT2D eigenvalue weighted by Gasteiger charge is -2.28. The van der Waals surface area contributed by atoms with Crippen molar-refractivity contribution in [3.05, 3.63) is 33.4 Å². The fourth-order valence-electron chi connectivity index (χ4n) is 1.79. The maximum Gasteiger partial charge on any atom is 0.505 e. The minimum Gasteiger partial charge on any atom is -0.374 e. The quantitative estimate of drug-likeness (QED) is 0.511. The largest absolute Gasteiger partial charge is 0.505 e. The van der Waals surface area contributed by atoms with Gasteiger partial charge in [0.05, 0.1) is 0 Å². The zero-order valence-electron chi connectivity index (χ0n) is 11.2. The van der Waals surface area contributed by atoms with Gasteiger partial charge in [-0.3, -0.25) is 0 Å². The van der Waals surface area contributed by atoms with Crippen molar-refractivity contribution in [3.8, 4) is 0 Å². The Morgan fingerprint density at radius 3 is 1.72 bits per heavy atom. The molecular weight excluding hydrogens is 359 g/mol. The number of halogens is 1. The van der Waals surface area contributed by atoms with Gasteiger partial charge in [0.25, 0.3) is 0 Å². The lowest BCUT2D eigenvalue weighted by Crippen LogP contribution is -2.48. The summed E-state index contributed by atoms with van der Waals surface area (Å²) in [5.74, 6) is 0. The highest BCUT2D eigenvalue weighted by molar-refractivity contribution is 14.1. The molecule has 1 aromatic carbocycles. The van der Waals surface area contributed by atoms with Gasteiger partial charge in [0.15, 0.2) is 0 Å². The van der Waals surface area contributed by atoms with Gasteiger partial charge in [0, 0.05) is 29.4 Å². The summed E-state index contributed by atoms with van der Waals surface area (Å²) in [7, 11) is -2.56. The number of hydrogen-bond acceptors (Lipinski definition) is 3. The third-order valence-electron chi connectivity index (χ3n) is 2.43. The highest BCUT2D eigenvalue weighted by atomic mass is 127. The van der Waals surface area contributed by atoms with Gasteiger partial charge in [0.2, 0.25) is 0 Å². The molecule has 0 fully saturated rings. The van der Waals surface area contributed by atoms with E-state index in [9.17, 15) is 0 Å². The lowest BCUT2D eigenvalue weighted by molar-refractivity contribution is 0.0704. The molecule has 102 valence electrons. The molecule has 0 heterocycles. The normalized spacial score (nSPS) is 11.8. The molecule has 0 radical (unpaired) electrons. The first-order valence-electron chi connectivity index (χ1n) is 6.32. The van der Waals surface area contributed by atoms with E-state index in [0.717, 1.165) is 6.04 Å². The van der Waals surface area contributed by atoms with Crippen LogP contribution in [-0.4, -0.2) is 28.6 Å². The molecule has 0 aromatic heterocycles. The van der Waals surface area contributed by atoms with E-state index in [1.807, 2.05) is 20.8 Å². The monoisotopic (exact) mass is 380 g/mol. The van der Waals surface area contributed by atoms with Gasteiger partial charge < -0.3 is 13.3 Å². The molecular formula is C13H21IO3Si. The minimum atomic E-state index is -2.56.